The highest BCUT2D eigenvalue weighted by Crippen LogP contribution is 2.01. The molecule has 2 rings (SSSR count). The summed E-state index contributed by atoms with van der Waals surface area (Å²) in [5, 5.41) is 0. The lowest BCUT2D eigenvalue weighted by molar-refractivity contribution is 0.0705. The Kier molecular flexibility index (Phi) is 8.01. The van der Waals surface area contributed by atoms with Gasteiger partial charge in [0.1, 0.15) is 6.61 Å². The Labute approximate surface area is 121 Å². The number of hydrogen-bond donors (Lipinski definition) is 0. The highest BCUT2D eigenvalue weighted by Gasteiger charge is 2.04. The first-order valence-corrected chi connectivity index (χ1v) is 6.86. The van der Waals surface area contributed by atoms with Gasteiger partial charge in [-0.3, -0.25) is 4.79 Å². The van der Waals surface area contributed by atoms with Gasteiger partial charge in [-0.1, -0.05) is 80.6 Å². The molecule has 0 amide bonds. The monoisotopic (exact) mass is 270 g/mol. The summed E-state index contributed by atoms with van der Waals surface area (Å²) in [5.41, 5.74) is 0.719. The van der Waals surface area contributed by atoms with E-state index in [1.165, 1.54) is 0 Å². The summed E-state index contributed by atoms with van der Waals surface area (Å²) in [6.07, 6.45) is 0. The Morgan fingerprint density at radius 3 is 1.80 bits per heavy atom. The molecule has 0 spiro atoms. The Balaban J connectivity index is 0.000000276. The Bertz CT molecular complexity index is 437. The molecule has 0 aliphatic carbocycles. The molecule has 20 heavy (non-hydrogen) atoms. The average Bonchev–Trinajstić information content (AvgIpc) is 2.50. The van der Waals surface area contributed by atoms with Gasteiger partial charge in [0, 0.05) is 12.2 Å². The van der Waals surface area contributed by atoms with Crippen LogP contribution in [0.25, 0.3) is 0 Å². The minimum atomic E-state index is 0.0475. The molecule has 2 aromatic rings. The number of carbonyl (C=O) groups is 1. The maximum Gasteiger partial charge on any atom is 0.188 e. The van der Waals surface area contributed by atoms with E-state index in [4.69, 9.17) is 4.74 Å². The van der Waals surface area contributed by atoms with E-state index in [-0.39, 0.29) is 12.4 Å². The van der Waals surface area contributed by atoms with Gasteiger partial charge in [-0.05, 0) is 5.92 Å². The van der Waals surface area contributed by atoms with Crippen LogP contribution in [0.5, 0.6) is 0 Å². The SMILES string of the molecule is CC(C)COCC(=O)c1ccccc1.c1ccccc1. The third-order valence-electron chi connectivity index (χ3n) is 2.45. The largest absolute Gasteiger partial charge is 0.373 e. The van der Waals surface area contributed by atoms with E-state index >= 15 is 0 Å². The van der Waals surface area contributed by atoms with Crippen molar-refractivity contribution in [3.05, 3.63) is 72.3 Å². The zero-order valence-electron chi connectivity index (χ0n) is 12.2. The molecule has 2 heteroatoms. The van der Waals surface area contributed by atoms with Gasteiger partial charge in [0.15, 0.2) is 5.78 Å². The minimum Gasteiger partial charge on any atom is -0.373 e. The van der Waals surface area contributed by atoms with Crippen LogP contribution in [0, 0.1) is 5.92 Å². The molecule has 2 aromatic carbocycles. The number of ether oxygens (including phenoxy) is 1. The van der Waals surface area contributed by atoms with Crippen LogP contribution in [-0.2, 0) is 4.74 Å². The number of ketones is 1. The Morgan fingerprint density at radius 1 is 0.900 bits per heavy atom. The quantitative estimate of drug-likeness (QED) is 0.760. The lowest BCUT2D eigenvalue weighted by atomic mass is 10.1. The summed E-state index contributed by atoms with van der Waals surface area (Å²) in [5.74, 6) is 0.518. The molecule has 0 heterocycles. The van der Waals surface area contributed by atoms with Crippen molar-refractivity contribution in [2.24, 2.45) is 5.92 Å². The topological polar surface area (TPSA) is 26.3 Å². The van der Waals surface area contributed by atoms with Gasteiger partial charge in [-0.25, -0.2) is 0 Å². The minimum absolute atomic E-state index is 0.0475. The molecule has 0 aromatic heterocycles. The predicted molar refractivity (Wildman–Crippen MR) is 82.9 cm³/mol. The van der Waals surface area contributed by atoms with E-state index in [1.807, 2.05) is 54.6 Å². The molecule has 0 fully saturated rings. The summed E-state index contributed by atoms with van der Waals surface area (Å²) in [4.78, 5) is 11.5. The normalized spacial score (nSPS) is 9.75. The van der Waals surface area contributed by atoms with Gasteiger partial charge in [0.05, 0.1) is 0 Å². The van der Waals surface area contributed by atoms with Crippen molar-refractivity contribution in [3.63, 3.8) is 0 Å². The number of hydrogen-bond acceptors (Lipinski definition) is 2. The van der Waals surface area contributed by atoms with Gasteiger partial charge in [-0.15, -0.1) is 0 Å². The van der Waals surface area contributed by atoms with Crippen LogP contribution in [-0.4, -0.2) is 19.0 Å². The fourth-order valence-electron chi connectivity index (χ4n) is 1.48. The van der Waals surface area contributed by atoms with Crippen LogP contribution in [0.3, 0.4) is 0 Å². The molecule has 0 radical (unpaired) electrons. The fraction of sp³-hybridized carbons (Fsp3) is 0.278. The summed E-state index contributed by atoms with van der Waals surface area (Å²) in [7, 11) is 0. The molecule has 0 N–H and O–H groups in total. The van der Waals surface area contributed by atoms with Crippen LogP contribution in [0.2, 0.25) is 0 Å². The van der Waals surface area contributed by atoms with Crippen molar-refractivity contribution in [3.8, 4) is 0 Å². The Hall–Kier alpha value is -1.93. The molecule has 106 valence electrons. The average molecular weight is 270 g/mol. The highest BCUT2D eigenvalue weighted by atomic mass is 16.5. The van der Waals surface area contributed by atoms with Crippen LogP contribution >= 0.6 is 0 Å². The zero-order chi connectivity index (χ0) is 14.6. The fourth-order valence-corrected chi connectivity index (χ4v) is 1.48. The molecule has 0 aliphatic rings. The van der Waals surface area contributed by atoms with Crippen molar-refractivity contribution in [1.29, 1.82) is 0 Å². The summed E-state index contributed by atoms with van der Waals surface area (Å²) < 4.78 is 5.26. The molecule has 2 nitrogen and oxygen atoms in total. The first-order chi connectivity index (χ1) is 9.70. The second-order valence-corrected chi connectivity index (χ2v) is 4.85. The molecule has 0 saturated heterocycles. The van der Waals surface area contributed by atoms with Gasteiger partial charge in [-0.2, -0.15) is 0 Å². The number of carbonyl (C=O) groups excluding carboxylic acids is 1. The summed E-state index contributed by atoms with van der Waals surface area (Å²) >= 11 is 0. The molecular weight excluding hydrogens is 248 g/mol. The van der Waals surface area contributed by atoms with Crippen molar-refractivity contribution < 1.29 is 9.53 Å². The lowest BCUT2D eigenvalue weighted by Gasteiger charge is -2.05. The number of benzene rings is 2. The van der Waals surface area contributed by atoms with Crippen LogP contribution in [0.4, 0.5) is 0 Å². The Morgan fingerprint density at radius 2 is 1.35 bits per heavy atom. The molecular formula is C18H22O2. The third-order valence-corrected chi connectivity index (χ3v) is 2.45. The standard InChI is InChI=1S/C12H16O2.C6H6/c1-10(2)8-14-9-12(13)11-6-4-3-5-7-11;1-2-4-6-5-3-1/h3-7,10H,8-9H2,1-2H3;1-6H. The van der Waals surface area contributed by atoms with E-state index < -0.39 is 0 Å². The maximum atomic E-state index is 11.5. The molecule has 0 saturated carbocycles. The summed E-state index contributed by atoms with van der Waals surface area (Å²) in [6.45, 7) is 4.95. The molecule has 0 bridgehead atoms. The molecule has 0 unspecified atom stereocenters. The van der Waals surface area contributed by atoms with Gasteiger partial charge >= 0.3 is 0 Å². The van der Waals surface area contributed by atoms with E-state index in [0.717, 1.165) is 5.56 Å². The number of Topliss-reactive ketones (excluding diaryl/α,β-unsaturated/α-hetero) is 1. The maximum absolute atomic E-state index is 11.5. The summed E-state index contributed by atoms with van der Waals surface area (Å²) in [6, 6.07) is 21.2. The van der Waals surface area contributed by atoms with Gasteiger partial charge < -0.3 is 4.74 Å². The van der Waals surface area contributed by atoms with Gasteiger partial charge in [0.2, 0.25) is 0 Å². The van der Waals surface area contributed by atoms with E-state index in [2.05, 4.69) is 13.8 Å². The second kappa shape index (κ2) is 9.93. The first kappa shape index (κ1) is 16.1. The van der Waals surface area contributed by atoms with Gasteiger partial charge in [0.25, 0.3) is 0 Å². The second-order valence-electron chi connectivity index (χ2n) is 4.85. The van der Waals surface area contributed by atoms with Crippen molar-refractivity contribution in [2.45, 2.75) is 13.8 Å². The predicted octanol–water partition coefficient (Wildman–Crippen LogP) is 4.23. The number of rotatable bonds is 5. The van der Waals surface area contributed by atoms with E-state index in [1.54, 1.807) is 12.1 Å². The third kappa shape index (κ3) is 7.49. The van der Waals surface area contributed by atoms with Crippen molar-refractivity contribution in [1.82, 2.24) is 0 Å². The zero-order valence-corrected chi connectivity index (χ0v) is 12.2. The van der Waals surface area contributed by atoms with Crippen molar-refractivity contribution >= 4 is 5.78 Å². The lowest BCUT2D eigenvalue weighted by Crippen LogP contribution is -2.12. The van der Waals surface area contributed by atoms with E-state index in [0.29, 0.717) is 12.5 Å². The first-order valence-electron chi connectivity index (χ1n) is 6.86. The van der Waals surface area contributed by atoms with Crippen LogP contribution in [0.15, 0.2) is 66.7 Å². The molecule has 0 aliphatic heterocycles. The van der Waals surface area contributed by atoms with E-state index in [9.17, 15) is 4.79 Å². The molecule has 0 atom stereocenters. The van der Waals surface area contributed by atoms with Crippen LogP contribution < -0.4 is 0 Å². The smallest absolute Gasteiger partial charge is 0.188 e. The van der Waals surface area contributed by atoms with Crippen molar-refractivity contribution in [2.75, 3.05) is 13.2 Å². The van der Waals surface area contributed by atoms with Crippen LogP contribution in [0.1, 0.15) is 24.2 Å². The highest BCUT2D eigenvalue weighted by molar-refractivity contribution is 5.96.